The van der Waals surface area contributed by atoms with E-state index < -0.39 is 70.3 Å². The van der Waals surface area contributed by atoms with Crippen molar-refractivity contribution < 1.29 is 55.2 Å². The molecule has 0 aliphatic rings. The normalized spacial score (nSPS) is 14.2. The summed E-state index contributed by atoms with van der Waals surface area (Å²) >= 11 is 24.2. The summed E-state index contributed by atoms with van der Waals surface area (Å²) in [6.45, 7) is 8.74. The summed E-state index contributed by atoms with van der Waals surface area (Å²) in [6.07, 6.45) is -12.7. The summed E-state index contributed by atoms with van der Waals surface area (Å²) < 4.78 is 93.3. The Bertz CT molecular complexity index is 2980. The molecule has 0 radical (unpaired) electrons. The van der Waals surface area contributed by atoms with Crippen LogP contribution < -0.4 is 21.9 Å². The van der Waals surface area contributed by atoms with Gasteiger partial charge in [0.05, 0.1) is 32.2 Å². The number of alkyl halides is 6. The van der Waals surface area contributed by atoms with E-state index in [0.29, 0.717) is 16.4 Å². The molecule has 4 aromatic carbocycles. The molecule has 66 heavy (non-hydrogen) atoms. The molecule has 0 saturated heterocycles. The first-order chi connectivity index (χ1) is 30.3. The Morgan fingerprint density at radius 3 is 1.42 bits per heavy atom. The second-order valence-corrected chi connectivity index (χ2v) is 18.2. The summed E-state index contributed by atoms with van der Waals surface area (Å²) in [6, 6.07) is 16.3. The number of nitrogens with zero attached hydrogens (tertiary/aromatic N) is 2. The second kappa shape index (κ2) is 18.8. The Balaban J connectivity index is 0.000000247. The van der Waals surface area contributed by atoms with Crippen LogP contribution in [0.15, 0.2) is 91.4 Å². The van der Waals surface area contributed by atoms with Gasteiger partial charge in [-0.2, -0.15) is 26.3 Å². The summed E-state index contributed by atoms with van der Waals surface area (Å²) in [5.74, 6) is -3.37. The van der Waals surface area contributed by atoms with E-state index in [1.54, 1.807) is 0 Å². The molecule has 0 fully saturated rings. The minimum absolute atomic E-state index is 0.0328. The summed E-state index contributed by atoms with van der Waals surface area (Å²) in [5.41, 5.74) is -10.8. The maximum atomic E-state index is 14.0. The number of halogens is 10. The number of hydrogen-bond acceptors (Lipinski definition) is 10. The SMILES string of the molecule is Cc1noc(=O)c2ccc(NC(=O)C(O)(CC(C)(C)c3ccc(Cl)cc3Cl)C(F)(F)F)cc12.Cc1noc(=O)c2ccc(NC(=O)C(O)(CC(C)(C)c3cccc(Cl)c3Cl)C(F)(F)F)cc12. The number of rotatable bonds is 10. The van der Waals surface area contributed by atoms with Crippen LogP contribution in [0.2, 0.25) is 20.1 Å². The number of aryl methyl sites for hydroxylation is 2. The lowest BCUT2D eigenvalue weighted by atomic mass is 9.74. The molecule has 2 amide bonds. The van der Waals surface area contributed by atoms with Gasteiger partial charge in [-0.3, -0.25) is 9.59 Å². The van der Waals surface area contributed by atoms with Gasteiger partial charge in [0.25, 0.3) is 11.8 Å². The number of aliphatic hydroxyl groups is 2. The average molecular weight is 1010 g/mol. The van der Waals surface area contributed by atoms with Crippen molar-refractivity contribution in [2.75, 3.05) is 10.6 Å². The third-order valence-corrected chi connectivity index (χ3v) is 12.1. The van der Waals surface area contributed by atoms with Crippen LogP contribution in [-0.2, 0) is 20.4 Å². The Morgan fingerprint density at radius 2 is 1.02 bits per heavy atom. The fourth-order valence-electron chi connectivity index (χ4n) is 7.24. The Hall–Kier alpha value is -5.24. The van der Waals surface area contributed by atoms with Gasteiger partial charge in [0.15, 0.2) is 0 Å². The number of fused-ring (bicyclic) bond motifs is 2. The summed E-state index contributed by atoms with van der Waals surface area (Å²) in [7, 11) is 0. The first-order valence-electron chi connectivity index (χ1n) is 19.2. The van der Waals surface area contributed by atoms with Gasteiger partial charge in [-0.25, -0.2) is 9.59 Å². The minimum Gasteiger partial charge on any atom is -0.373 e. The number of benzene rings is 4. The predicted octanol–water partition coefficient (Wildman–Crippen LogP) is 10.8. The highest BCUT2D eigenvalue weighted by atomic mass is 35.5. The molecule has 0 spiro atoms. The lowest BCUT2D eigenvalue weighted by Crippen LogP contribution is -2.57. The molecule has 2 unspecified atom stereocenters. The minimum atomic E-state index is -5.31. The van der Waals surface area contributed by atoms with E-state index in [9.17, 15) is 55.7 Å². The second-order valence-electron chi connectivity index (χ2n) is 16.6. The van der Waals surface area contributed by atoms with Crippen LogP contribution in [0.3, 0.4) is 0 Å². The molecule has 2 heterocycles. The molecule has 0 aliphatic carbocycles. The van der Waals surface area contributed by atoms with Crippen molar-refractivity contribution in [3.8, 4) is 0 Å². The molecule has 6 aromatic rings. The van der Waals surface area contributed by atoms with Crippen LogP contribution in [0.5, 0.6) is 0 Å². The maximum Gasteiger partial charge on any atom is 0.426 e. The highest BCUT2D eigenvalue weighted by Crippen LogP contribution is 2.46. The maximum absolute atomic E-state index is 14.0. The van der Waals surface area contributed by atoms with Crippen molar-refractivity contribution in [1.29, 1.82) is 0 Å². The van der Waals surface area contributed by atoms with Gasteiger partial charge in [-0.05, 0) is 90.4 Å². The number of amides is 2. The van der Waals surface area contributed by atoms with Crippen LogP contribution in [0, 0.1) is 13.8 Å². The van der Waals surface area contributed by atoms with Gasteiger partial charge < -0.3 is 29.9 Å². The van der Waals surface area contributed by atoms with Gasteiger partial charge in [0.1, 0.15) is 0 Å². The van der Waals surface area contributed by atoms with Crippen molar-refractivity contribution >= 4 is 91.1 Å². The van der Waals surface area contributed by atoms with Crippen molar-refractivity contribution in [2.45, 2.75) is 88.8 Å². The third kappa shape index (κ3) is 10.6. The number of aromatic nitrogens is 2. The number of anilines is 2. The van der Waals surface area contributed by atoms with Crippen LogP contribution >= 0.6 is 46.4 Å². The Labute approximate surface area is 390 Å². The van der Waals surface area contributed by atoms with E-state index in [-0.39, 0.29) is 59.1 Å². The molecule has 0 bridgehead atoms. The van der Waals surface area contributed by atoms with Crippen LogP contribution in [0.4, 0.5) is 37.7 Å². The molecule has 352 valence electrons. The Kier molecular flexibility index (Phi) is 14.7. The van der Waals surface area contributed by atoms with Crippen molar-refractivity contribution in [3.05, 3.63) is 136 Å². The third-order valence-electron chi connectivity index (χ3n) is 10.7. The van der Waals surface area contributed by atoms with E-state index >= 15 is 0 Å². The predicted molar refractivity (Wildman–Crippen MR) is 238 cm³/mol. The first-order valence-corrected chi connectivity index (χ1v) is 20.8. The summed E-state index contributed by atoms with van der Waals surface area (Å²) in [5, 5.41) is 34.0. The van der Waals surface area contributed by atoms with Crippen LogP contribution in [0.1, 0.15) is 63.1 Å². The number of nitrogens with one attached hydrogen (secondary N) is 2. The van der Waals surface area contributed by atoms with Gasteiger partial charge in [-0.15, -0.1) is 0 Å². The van der Waals surface area contributed by atoms with Gasteiger partial charge in [0, 0.05) is 45.0 Å². The van der Waals surface area contributed by atoms with Crippen molar-refractivity contribution in [3.63, 3.8) is 0 Å². The smallest absolute Gasteiger partial charge is 0.373 e. The molecule has 0 saturated carbocycles. The van der Waals surface area contributed by atoms with Gasteiger partial charge in [0.2, 0.25) is 11.2 Å². The lowest BCUT2D eigenvalue weighted by Gasteiger charge is -2.37. The fraction of sp³-hybridized carbons (Fsp3) is 0.318. The molecule has 12 nitrogen and oxygen atoms in total. The largest absolute Gasteiger partial charge is 0.426 e. The number of carbonyl (C=O) groups is 2. The topological polar surface area (TPSA) is 185 Å². The van der Waals surface area contributed by atoms with E-state index in [2.05, 4.69) is 30.0 Å². The van der Waals surface area contributed by atoms with Crippen LogP contribution in [-0.4, -0.2) is 55.9 Å². The molecule has 2 aromatic heterocycles. The molecule has 4 N–H and O–H groups in total. The van der Waals surface area contributed by atoms with E-state index in [4.69, 9.17) is 46.4 Å². The van der Waals surface area contributed by atoms with E-state index in [1.165, 1.54) is 114 Å². The first kappa shape index (κ1) is 51.7. The fourth-order valence-corrected chi connectivity index (χ4v) is 8.46. The quantitative estimate of drug-likeness (QED) is 0.0963. The standard InChI is InChI=1S/2C22H19Cl2F3N2O4/c1-11-15-9-13(5-6-14(15)18(30)33-29-11)28-19(31)21(32,22(25,26)27)10-20(2,3)16-7-4-12(23)8-17(16)24;1-11-14-9-12(7-8-13(14)18(30)33-29-11)28-19(31)21(32,22(25,26)27)10-20(2,3)15-5-4-6-16(23)17(15)24/h2*4-9,32H,10H2,1-3H3,(H,28,31). The highest BCUT2D eigenvalue weighted by molar-refractivity contribution is 6.42. The number of carbonyl (C=O) groups excluding carboxylic acids is 2. The molecule has 0 aliphatic heterocycles. The van der Waals surface area contributed by atoms with Gasteiger partial charge >= 0.3 is 23.6 Å². The molecule has 6 rings (SSSR count). The van der Waals surface area contributed by atoms with Crippen molar-refractivity contribution in [1.82, 2.24) is 10.3 Å². The molecule has 22 heteroatoms. The molecule has 2 atom stereocenters. The average Bonchev–Trinajstić information content (AvgIpc) is 3.20. The highest BCUT2D eigenvalue weighted by Gasteiger charge is 2.62. The molecular formula is C44H38Cl4F6N4O8. The zero-order valence-electron chi connectivity index (χ0n) is 35.4. The summed E-state index contributed by atoms with van der Waals surface area (Å²) in [4.78, 5) is 49.1. The van der Waals surface area contributed by atoms with E-state index in [1.807, 2.05) is 0 Å². The van der Waals surface area contributed by atoms with Gasteiger partial charge in [-0.1, -0.05) is 103 Å². The monoisotopic (exact) mass is 1000 g/mol. The molecular weight excluding hydrogens is 968 g/mol. The van der Waals surface area contributed by atoms with E-state index in [0.717, 1.165) is 0 Å². The zero-order valence-corrected chi connectivity index (χ0v) is 38.4. The zero-order chi connectivity index (χ0) is 49.5. The van der Waals surface area contributed by atoms with Crippen molar-refractivity contribution in [2.24, 2.45) is 0 Å². The Morgan fingerprint density at radius 1 is 0.591 bits per heavy atom. The number of hydrogen-bond donors (Lipinski definition) is 4. The lowest BCUT2D eigenvalue weighted by molar-refractivity contribution is -0.255. The van der Waals surface area contributed by atoms with Crippen LogP contribution in [0.25, 0.3) is 21.5 Å².